The summed E-state index contributed by atoms with van der Waals surface area (Å²) in [4.78, 5) is 49.8. The van der Waals surface area contributed by atoms with Gasteiger partial charge < -0.3 is 25.6 Å². The van der Waals surface area contributed by atoms with Crippen LogP contribution >= 0.6 is 0 Å². The van der Waals surface area contributed by atoms with Crippen molar-refractivity contribution in [3.63, 3.8) is 0 Å². The van der Waals surface area contributed by atoms with Gasteiger partial charge in [-0.25, -0.2) is 4.79 Å². The molecule has 164 valence electrons. The van der Waals surface area contributed by atoms with Crippen molar-refractivity contribution in [2.24, 2.45) is 5.92 Å². The lowest BCUT2D eigenvalue weighted by atomic mass is 9.97. The molecule has 1 aliphatic rings. The number of hydrogen-bond donors (Lipinski definition) is 3. The number of piperidine rings is 1. The molecule has 0 aromatic heterocycles. The largest absolute Gasteiger partial charge is 0.455 e. The molecule has 1 aromatic carbocycles. The predicted molar refractivity (Wildman–Crippen MR) is 112 cm³/mol. The number of likely N-dealkylation sites (tertiary alicyclic amines) is 1. The number of nitrogens with zero attached hydrogens (tertiary/aromatic N) is 1. The van der Waals surface area contributed by atoms with Crippen molar-refractivity contribution in [2.75, 3.05) is 31.6 Å². The van der Waals surface area contributed by atoms with Gasteiger partial charge in [-0.05, 0) is 38.3 Å². The molecule has 9 nitrogen and oxygen atoms in total. The van der Waals surface area contributed by atoms with Crippen molar-refractivity contribution in [2.45, 2.75) is 39.2 Å². The van der Waals surface area contributed by atoms with Crippen molar-refractivity contribution < 1.29 is 23.9 Å². The molecule has 0 bridgehead atoms. The molecule has 1 aromatic rings. The highest BCUT2D eigenvalue weighted by atomic mass is 16.5. The predicted octanol–water partition coefficient (Wildman–Crippen LogP) is 1.50. The van der Waals surface area contributed by atoms with Gasteiger partial charge in [-0.1, -0.05) is 25.1 Å². The molecule has 1 fully saturated rings. The molecular formula is C21H30N4O5. The summed E-state index contributed by atoms with van der Waals surface area (Å²) in [6, 6.07) is 8.26. The normalized spacial score (nSPS) is 15.1. The molecule has 2 rings (SSSR count). The number of amides is 4. The Kier molecular flexibility index (Phi) is 9.11. The summed E-state index contributed by atoms with van der Waals surface area (Å²) in [5, 5.41) is 8.01. The molecule has 0 spiro atoms. The third-order valence-electron chi connectivity index (χ3n) is 4.81. The van der Waals surface area contributed by atoms with E-state index in [0.717, 1.165) is 6.42 Å². The molecule has 0 unspecified atom stereocenters. The number of nitrogens with one attached hydrogen (secondary N) is 3. The molecule has 1 aliphatic heterocycles. The van der Waals surface area contributed by atoms with E-state index in [1.807, 2.05) is 25.1 Å². The first-order valence-electron chi connectivity index (χ1n) is 10.3. The average molecular weight is 418 g/mol. The molecule has 4 amide bonds. The minimum atomic E-state index is -0.700. The standard InChI is InChI=1S/C21H30N4O5/c1-3-11-22-19(27)15(2)23-18(26)14-30-20(28)16-9-12-25(13-10-16)21(29)24-17-7-5-4-6-8-17/h4-8,15-16H,3,9-14H2,1-2H3,(H,22,27)(H,23,26)(H,24,29)/t15-/m0/s1. The Bertz CT molecular complexity index is 732. The molecule has 1 saturated heterocycles. The fourth-order valence-corrected chi connectivity index (χ4v) is 3.05. The molecule has 9 heteroatoms. The Morgan fingerprint density at radius 1 is 1.13 bits per heavy atom. The van der Waals surface area contributed by atoms with E-state index in [1.54, 1.807) is 24.0 Å². The number of para-hydroxylation sites is 1. The Labute approximate surface area is 176 Å². The summed E-state index contributed by atoms with van der Waals surface area (Å²) >= 11 is 0. The number of rotatable bonds is 8. The van der Waals surface area contributed by atoms with Crippen LogP contribution in [0.4, 0.5) is 10.5 Å². The van der Waals surface area contributed by atoms with Gasteiger partial charge in [0, 0.05) is 25.3 Å². The zero-order chi connectivity index (χ0) is 21.9. The SMILES string of the molecule is CCCNC(=O)[C@H](C)NC(=O)COC(=O)C1CCN(C(=O)Nc2ccccc2)CC1. The number of carbonyl (C=O) groups is 4. The monoisotopic (exact) mass is 418 g/mol. The van der Waals surface area contributed by atoms with Gasteiger partial charge in [0.1, 0.15) is 6.04 Å². The Morgan fingerprint density at radius 2 is 1.80 bits per heavy atom. The highest BCUT2D eigenvalue weighted by molar-refractivity contribution is 5.90. The van der Waals surface area contributed by atoms with E-state index in [2.05, 4.69) is 16.0 Å². The highest BCUT2D eigenvalue weighted by Gasteiger charge is 2.29. The molecule has 1 heterocycles. The number of anilines is 1. The van der Waals surface area contributed by atoms with Crippen LogP contribution in [0.5, 0.6) is 0 Å². The van der Waals surface area contributed by atoms with Gasteiger partial charge in [0.15, 0.2) is 6.61 Å². The third kappa shape index (κ3) is 7.38. The lowest BCUT2D eigenvalue weighted by Crippen LogP contribution is -2.46. The van der Waals surface area contributed by atoms with Gasteiger partial charge in [0.25, 0.3) is 5.91 Å². The smallest absolute Gasteiger partial charge is 0.321 e. The Morgan fingerprint density at radius 3 is 2.43 bits per heavy atom. The maximum absolute atomic E-state index is 12.3. The molecule has 0 aliphatic carbocycles. The molecular weight excluding hydrogens is 388 g/mol. The Hall–Kier alpha value is -3.10. The van der Waals surface area contributed by atoms with Crippen molar-refractivity contribution in [1.29, 1.82) is 0 Å². The van der Waals surface area contributed by atoms with Gasteiger partial charge >= 0.3 is 12.0 Å². The zero-order valence-corrected chi connectivity index (χ0v) is 17.5. The van der Waals surface area contributed by atoms with E-state index in [9.17, 15) is 19.2 Å². The van der Waals surface area contributed by atoms with E-state index in [0.29, 0.717) is 38.2 Å². The van der Waals surface area contributed by atoms with Crippen molar-refractivity contribution in [3.05, 3.63) is 30.3 Å². The number of urea groups is 1. The minimum absolute atomic E-state index is 0.206. The maximum atomic E-state index is 12.3. The summed E-state index contributed by atoms with van der Waals surface area (Å²) in [5.41, 5.74) is 0.715. The first-order chi connectivity index (χ1) is 14.4. The van der Waals surface area contributed by atoms with E-state index in [-0.39, 0.29) is 17.9 Å². The van der Waals surface area contributed by atoms with Gasteiger partial charge in [0.05, 0.1) is 5.92 Å². The second kappa shape index (κ2) is 11.8. The number of hydrogen-bond acceptors (Lipinski definition) is 5. The van der Waals surface area contributed by atoms with E-state index in [1.165, 1.54) is 0 Å². The zero-order valence-electron chi connectivity index (χ0n) is 17.5. The first kappa shape index (κ1) is 23.2. The van der Waals surface area contributed by atoms with Crippen LogP contribution in [0.3, 0.4) is 0 Å². The van der Waals surface area contributed by atoms with Gasteiger partial charge in [-0.15, -0.1) is 0 Å². The van der Waals surface area contributed by atoms with E-state index in [4.69, 9.17) is 4.74 Å². The van der Waals surface area contributed by atoms with Crippen LogP contribution in [-0.2, 0) is 19.1 Å². The van der Waals surface area contributed by atoms with E-state index >= 15 is 0 Å². The summed E-state index contributed by atoms with van der Waals surface area (Å²) in [5.74, 6) is -1.62. The topological polar surface area (TPSA) is 117 Å². The van der Waals surface area contributed by atoms with Crippen molar-refractivity contribution >= 4 is 29.5 Å². The lowest BCUT2D eigenvalue weighted by Gasteiger charge is -2.30. The molecule has 30 heavy (non-hydrogen) atoms. The van der Waals surface area contributed by atoms with Crippen molar-refractivity contribution in [3.8, 4) is 0 Å². The van der Waals surface area contributed by atoms with Crippen LogP contribution in [0, 0.1) is 5.92 Å². The molecule has 3 N–H and O–H groups in total. The van der Waals surface area contributed by atoms with Gasteiger partial charge in [0.2, 0.25) is 5.91 Å². The second-order valence-corrected chi connectivity index (χ2v) is 7.25. The van der Waals surface area contributed by atoms with Crippen LogP contribution in [0.15, 0.2) is 30.3 Å². The Balaban J connectivity index is 1.68. The van der Waals surface area contributed by atoms with Gasteiger partial charge in [-0.3, -0.25) is 14.4 Å². The molecule has 0 radical (unpaired) electrons. The van der Waals surface area contributed by atoms with Crippen LogP contribution in [0.25, 0.3) is 0 Å². The lowest BCUT2D eigenvalue weighted by molar-refractivity contribution is -0.154. The molecule has 1 atom stereocenters. The highest BCUT2D eigenvalue weighted by Crippen LogP contribution is 2.19. The van der Waals surface area contributed by atoms with Gasteiger partial charge in [-0.2, -0.15) is 0 Å². The first-order valence-corrected chi connectivity index (χ1v) is 10.3. The van der Waals surface area contributed by atoms with Crippen LogP contribution in [0.1, 0.15) is 33.1 Å². The number of ether oxygens (including phenoxy) is 1. The summed E-state index contributed by atoms with van der Waals surface area (Å²) in [7, 11) is 0. The van der Waals surface area contributed by atoms with Crippen LogP contribution in [0.2, 0.25) is 0 Å². The summed E-state index contributed by atoms with van der Waals surface area (Å²) in [6.45, 7) is 4.47. The quantitative estimate of drug-likeness (QED) is 0.553. The second-order valence-electron chi connectivity index (χ2n) is 7.25. The number of carbonyl (C=O) groups excluding carboxylic acids is 4. The number of esters is 1. The molecule has 0 saturated carbocycles. The summed E-state index contributed by atoms with van der Waals surface area (Å²) < 4.78 is 5.09. The van der Waals surface area contributed by atoms with Crippen LogP contribution in [-0.4, -0.2) is 61.0 Å². The summed E-state index contributed by atoms with van der Waals surface area (Å²) in [6.07, 6.45) is 1.74. The fraction of sp³-hybridized carbons (Fsp3) is 0.524. The minimum Gasteiger partial charge on any atom is -0.455 e. The third-order valence-corrected chi connectivity index (χ3v) is 4.81. The average Bonchev–Trinajstić information content (AvgIpc) is 2.76. The number of benzene rings is 1. The fourth-order valence-electron chi connectivity index (χ4n) is 3.05. The van der Waals surface area contributed by atoms with E-state index < -0.39 is 24.5 Å². The van der Waals surface area contributed by atoms with Crippen LogP contribution < -0.4 is 16.0 Å². The maximum Gasteiger partial charge on any atom is 0.321 e. The van der Waals surface area contributed by atoms with Crippen molar-refractivity contribution in [1.82, 2.24) is 15.5 Å².